The highest BCUT2D eigenvalue weighted by Crippen LogP contribution is 2.32. The Morgan fingerprint density at radius 3 is 2.62 bits per heavy atom. The van der Waals surface area contributed by atoms with Crippen LogP contribution in [-0.2, 0) is 0 Å². The van der Waals surface area contributed by atoms with E-state index in [1.807, 2.05) is 35.7 Å². The summed E-state index contributed by atoms with van der Waals surface area (Å²) in [6.07, 6.45) is 1.99. The second kappa shape index (κ2) is 11.1. The quantitative estimate of drug-likeness (QED) is 0.408. The van der Waals surface area contributed by atoms with E-state index in [4.69, 9.17) is 17.2 Å². The number of carbonyl (C=O) groups excluding carboxylic acids is 1. The van der Waals surface area contributed by atoms with Crippen molar-refractivity contribution >= 4 is 40.3 Å². The van der Waals surface area contributed by atoms with Gasteiger partial charge in [-0.05, 0) is 55.6 Å². The molecule has 1 saturated heterocycles. The van der Waals surface area contributed by atoms with Gasteiger partial charge in [-0.1, -0.05) is 55.8 Å². The molecule has 178 valence electrons. The number of aromatic nitrogens is 1. The highest BCUT2D eigenvalue weighted by molar-refractivity contribution is 7.80. The third-order valence-corrected chi connectivity index (χ3v) is 7.47. The maximum atomic E-state index is 13.0. The van der Waals surface area contributed by atoms with E-state index in [9.17, 15) is 4.79 Å². The van der Waals surface area contributed by atoms with Crippen LogP contribution in [0.15, 0.2) is 53.9 Å². The number of hydrogen-bond acceptors (Lipinski definition) is 4. The van der Waals surface area contributed by atoms with E-state index in [1.54, 1.807) is 11.3 Å². The second-order valence-electron chi connectivity index (χ2n) is 9.28. The Labute approximate surface area is 211 Å². The highest BCUT2D eigenvalue weighted by Gasteiger charge is 2.25. The smallest absolute Gasteiger partial charge is 0.275 e. The van der Waals surface area contributed by atoms with Gasteiger partial charge in [0.1, 0.15) is 5.69 Å². The van der Waals surface area contributed by atoms with Crippen molar-refractivity contribution in [3.63, 3.8) is 0 Å². The maximum absolute atomic E-state index is 13.0. The van der Waals surface area contributed by atoms with Crippen molar-refractivity contribution in [3.05, 3.63) is 70.2 Å². The minimum absolute atomic E-state index is 0.167. The summed E-state index contributed by atoms with van der Waals surface area (Å²) >= 11 is 7.13. The van der Waals surface area contributed by atoms with Crippen LogP contribution in [0.25, 0.3) is 11.1 Å². The number of likely N-dealkylation sites (tertiary alicyclic amines) is 1. The van der Waals surface area contributed by atoms with E-state index in [0.29, 0.717) is 17.5 Å². The topological polar surface area (TPSA) is 57.3 Å². The molecule has 0 radical (unpaired) electrons. The van der Waals surface area contributed by atoms with Gasteiger partial charge in [0.25, 0.3) is 5.91 Å². The lowest BCUT2D eigenvalue weighted by Gasteiger charge is -2.33. The lowest BCUT2D eigenvalue weighted by Crippen LogP contribution is -2.44. The van der Waals surface area contributed by atoms with E-state index in [-0.39, 0.29) is 5.91 Å². The fourth-order valence-electron chi connectivity index (χ4n) is 4.12. The van der Waals surface area contributed by atoms with Gasteiger partial charge in [-0.15, -0.1) is 11.3 Å². The Bertz CT molecular complexity index is 1130. The average molecular weight is 493 g/mol. The molecule has 5 nitrogen and oxygen atoms in total. The minimum atomic E-state index is -0.167. The van der Waals surface area contributed by atoms with Gasteiger partial charge in [0.05, 0.1) is 5.01 Å². The maximum Gasteiger partial charge on any atom is 0.275 e. The standard InChI is InChI=1S/C27H32N4OS2/c1-18(2)16-28-27(33)31-13-11-21(12-14-31)26-30-24(17-34-26)25(32)29-23-10-9-19(3)15-22(23)20-7-5-4-6-8-20/h4-10,15,17-18,21H,11-14,16H2,1-3H3,(H,28,33)(H,29,32). The Balaban J connectivity index is 1.39. The monoisotopic (exact) mass is 492 g/mol. The number of rotatable bonds is 6. The third kappa shape index (κ3) is 6.02. The summed E-state index contributed by atoms with van der Waals surface area (Å²) in [6.45, 7) is 9.15. The lowest BCUT2D eigenvalue weighted by molar-refractivity contribution is 0.102. The highest BCUT2D eigenvalue weighted by atomic mass is 32.1. The minimum Gasteiger partial charge on any atom is -0.362 e. The molecule has 0 bridgehead atoms. The molecule has 0 unspecified atom stereocenters. The molecule has 2 N–H and O–H groups in total. The number of hydrogen-bond donors (Lipinski definition) is 2. The molecule has 1 fully saturated rings. The van der Waals surface area contributed by atoms with Crippen LogP contribution < -0.4 is 10.6 Å². The summed E-state index contributed by atoms with van der Waals surface area (Å²) in [5.41, 5.74) is 4.52. The molecule has 0 aliphatic carbocycles. The van der Waals surface area contributed by atoms with Crippen molar-refractivity contribution in [2.24, 2.45) is 5.92 Å². The number of nitrogens with one attached hydrogen (secondary N) is 2. The summed E-state index contributed by atoms with van der Waals surface area (Å²) in [4.78, 5) is 20.0. The molecule has 1 aliphatic heterocycles. The van der Waals surface area contributed by atoms with Gasteiger partial charge < -0.3 is 15.5 Å². The molecular weight excluding hydrogens is 460 g/mol. The van der Waals surface area contributed by atoms with Crippen LogP contribution in [0, 0.1) is 12.8 Å². The molecule has 3 aromatic rings. The van der Waals surface area contributed by atoms with E-state index >= 15 is 0 Å². The van der Waals surface area contributed by atoms with Gasteiger partial charge in [0.2, 0.25) is 0 Å². The number of benzene rings is 2. The molecule has 4 rings (SSSR count). The summed E-state index contributed by atoms with van der Waals surface area (Å²) in [6, 6.07) is 16.2. The first kappa shape index (κ1) is 24.4. The SMILES string of the molecule is Cc1ccc(NC(=O)c2csc(C3CCN(C(=S)NCC(C)C)CC3)n2)c(-c2ccccc2)c1. The molecule has 2 heterocycles. The molecule has 1 aliphatic rings. The number of nitrogens with zero attached hydrogens (tertiary/aromatic N) is 2. The molecule has 1 aromatic heterocycles. The zero-order valence-corrected chi connectivity index (χ0v) is 21.6. The molecule has 0 atom stereocenters. The number of thiazole rings is 1. The number of amides is 1. The van der Waals surface area contributed by atoms with Crippen molar-refractivity contribution in [1.29, 1.82) is 0 Å². The number of anilines is 1. The first-order valence-corrected chi connectivity index (χ1v) is 13.1. The van der Waals surface area contributed by atoms with Gasteiger partial charge in [-0.2, -0.15) is 0 Å². The van der Waals surface area contributed by atoms with Crippen LogP contribution in [0.2, 0.25) is 0 Å². The molecule has 34 heavy (non-hydrogen) atoms. The van der Waals surface area contributed by atoms with Crippen molar-refractivity contribution in [1.82, 2.24) is 15.2 Å². The normalized spacial score (nSPS) is 14.3. The van der Waals surface area contributed by atoms with Crippen molar-refractivity contribution in [2.45, 2.75) is 39.5 Å². The van der Waals surface area contributed by atoms with Crippen LogP contribution in [0.5, 0.6) is 0 Å². The van der Waals surface area contributed by atoms with Gasteiger partial charge >= 0.3 is 0 Å². The van der Waals surface area contributed by atoms with Gasteiger partial charge in [-0.25, -0.2) is 4.98 Å². The Morgan fingerprint density at radius 1 is 1.18 bits per heavy atom. The van der Waals surface area contributed by atoms with Gasteiger partial charge in [0, 0.05) is 42.2 Å². The lowest BCUT2D eigenvalue weighted by atomic mass is 9.98. The number of thiocarbonyl (C=S) groups is 1. The Morgan fingerprint density at radius 2 is 1.91 bits per heavy atom. The zero-order valence-electron chi connectivity index (χ0n) is 20.0. The largest absolute Gasteiger partial charge is 0.362 e. The molecular formula is C27H32N4OS2. The Kier molecular flexibility index (Phi) is 7.95. The summed E-state index contributed by atoms with van der Waals surface area (Å²) in [5.74, 6) is 0.772. The van der Waals surface area contributed by atoms with Crippen molar-refractivity contribution in [2.75, 3.05) is 25.0 Å². The van der Waals surface area contributed by atoms with Crippen LogP contribution in [0.4, 0.5) is 5.69 Å². The van der Waals surface area contributed by atoms with Crippen LogP contribution >= 0.6 is 23.6 Å². The van der Waals surface area contributed by atoms with E-state index in [1.165, 1.54) is 0 Å². The van der Waals surface area contributed by atoms with Crippen LogP contribution in [-0.4, -0.2) is 40.5 Å². The first-order valence-electron chi connectivity index (χ1n) is 11.9. The predicted octanol–water partition coefficient (Wildman–Crippen LogP) is 6.08. The average Bonchev–Trinajstić information content (AvgIpc) is 3.35. The van der Waals surface area contributed by atoms with Gasteiger partial charge in [0.15, 0.2) is 5.11 Å². The molecule has 7 heteroatoms. The number of carbonyl (C=O) groups is 1. The second-order valence-corrected chi connectivity index (χ2v) is 10.6. The fraction of sp³-hybridized carbons (Fsp3) is 0.370. The van der Waals surface area contributed by atoms with E-state index in [2.05, 4.69) is 54.5 Å². The third-order valence-electron chi connectivity index (χ3n) is 6.06. The van der Waals surface area contributed by atoms with Crippen LogP contribution in [0.3, 0.4) is 0 Å². The van der Waals surface area contributed by atoms with Gasteiger partial charge in [-0.3, -0.25) is 4.79 Å². The fourth-order valence-corrected chi connectivity index (χ4v) is 5.36. The summed E-state index contributed by atoms with van der Waals surface area (Å²) in [7, 11) is 0. The predicted molar refractivity (Wildman–Crippen MR) is 146 cm³/mol. The number of piperidine rings is 1. The molecule has 0 saturated carbocycles. The summed E-state index contributed by atoms with van der Waals surface area (Å²) in [5, 5.41) is 10.2. The molecule has 0 spiro atoms. The Hall–Kier alpha value is -2.77. The van der Waals surface area contributed by atoms with Crippen molar-refractivity contribution in [3.8, 4) is 11.1 Å². The molecule has 2 aromatic carbocycles. The van der Waals surface area contributed by atoms with Crippen LogP contribution in [0.1, 0.15) is 53.7 Å². The number of aryl methyl sites for hydroxylation is 1. The van der Waals surface area contributed by atoms with Crippen molar-refractivity contribution < 1.29 is 4.79 Å². The zero-order chi connectivity index (χ0) is 24.1. The van der Waals surface area contributed by atoms with E-state index in [0.717, 1.165) is 65.0 Å². The van der Waals surface area contributed by atoms with E-state index < -0.39 is 0 Å². The molecule has 1 amide bonds. The first-order chi connectivity index (χ1) is 16.4. The summed E-state index contributed by atoms with van der Waals surface area (Å²) < 4.78 is 0.